The molecule has 26 heavy (non-hydrogen) atoms. The summed E-state index contributed by atoms with van der Waals surface area (Å²) in [7, 11) is 1.46. The minimum absolute atomic E-state index is 0.255. The van der Waals surface area contributed by atoms with Crippen molar-refractivity contribution < 1.29 is 14.7 Å². The molecule has 5 nitrogen and oxygen atoms in total. The highest BCUT2D eigenvalue weighted by Crippen LogP contribution is 2.40. The van der Waals surface area contributed by atoms with Crippen molar-refractivity contribution in [2.75, 3.05) is 7.11 Å². The van der Waals surface area contributed by atoms with Gasteiger partial charge in [-0.15, -0.1) is 0 Å². The summed E-state index contributed by atoms with van der Waals surface area (Å²) in [6.45, 7) is 16.0. The van der Waals surface area contributed by atoms with Crippen LogP contribution in [0, 0.1) is 0 Å². The van der Waals surface area contributed by atoms with Crippen LogP contribution in [-0.4, -0.2) is 18.1 Å². The molecule has 0 heterocycles. The van der Waals surface area contributed by atoms with E-state index in [9.17, 15) is 9.90 Å². The van der Waals surface area contributed by atoms with Crippen molar-refractivity contribution in [3.05, 3.63) is 45.3 Å². The molecule has 1 amide bonds. The zero-order valence-corrected chi connectivity index (χ0v) is 17.5. The Bertz CT molecular complexity index is 691. The van der Waals surface area contributed by atoms with Crippen LogP contribution in [0.5, 0.6) is 5.75 Å². The molecule has 0 aliphatic carbocycles. The molecule has 0 radical (unpaired) electrons. The van der Waals surface area contributed by atoms with Gasteiger partial charge in [0.1, 0.15) is 5.75 Å². The van der Waals surface area contributed by atoms with E-state index in [4.69, 9.17) is 10.6 Å². The van der Waals surface area contributed by atoms with Crippen LogP contribution in [0.3, 0.4) is 0 Å². The number of carbonyl (C=O) groups excluding carboxylic acids is 1. The molecule has 144 valence electrons. The number of nitrogens with one attached hydrogen (secondary N) is 1. The third-order valence-corrected chi connectivity index (χ3v) is 4.61. The van der Waals surface area contributed by atoms with E-state index in [2.05, 4.69) is 12.1 Å². The lowest BCUT2D eigenvalue weighted by atomic mass is 9.78. The van der Waals surface area contributed by atoms with E-state index in [0.717, 1.165) is 28.5 Å². The lowest BCUT2D eigenvalue weighted by molar-refractivity contribution is -0.113. The van der Waals surface area contributed by atoms with Crippen LogP contribution in [0.25, 0.3) is 6.08 Å². The summed E-state index contributed by atoms with van der Waals surface area (Å²) in [5.41, 5.74) is 10.0. The monoisotopic (exact) mass is 378 g/mol. The molecule has 6 heteroatoms. The Morgan fingerprint density at radius 2 is 1.65 bits per heavy atom. The number of nitrogens with two attached hydrogens (primary N) is 1. The fraction of sp³-hybridized carbons (Fsp3) is 0.450. The number of hydroxylamine groups is 1. The maximum atomic E-state index is 11.8. The van der Waals surface area contributed by atoms with Crippen LogP contribution in [0.15, 0.2) is 28.6 Å². The van der Waals surface area contributed by atoms with Gasteiger partial charge in [-0.05, 0) is 34.6 Å². The second-order valence-corrected chi connectivity index (χ2v) is 9.31. The van der Waals surface area contributed by atoms with Crippen molar-refractivity contribution in [3.63, 3.8) is 0 Å². The number of hydrogen-bond acceptors (Lipinski definition) is 5. The van der Waals surface area contributed by atoms with Crippen molar-refractivity contribution in [1.82, 2.24) is 5.48 Å². The lowest BCUT2D eigenvalue weighted by Gasteiger charge is -2.28. The molecule has 0 atom stereocenters. The van der Waals surface area contributed by atoms with Gasteiger partial charge in [-0.3, -0.25) is 15.1 Å². The number of aromatic hydroxyl groups is 1. The molecule has 0 aliphatic rings. The summed E-state index contributed by atoms with van der Waals surface area (Å²) in [5.74, 6) is -0.266. The Morgan fingerprint density at radius 3 is 2.00 bits per heavy atom. The average molecular weight is 379 g/mol. The van der Waals surface area contributed by atoms with Crippen LogP contribution in [-0.2, 0) is 20.5 Å². The van der Waals surface area contributed by atoms with Crippen molar-refractivity contribution in [2.45, 2.75) is 52.4 Å². The number of phenolic OH excluding ortho intramolecular Hbond substituents is 1. The summed E-state index contributed by atoms with van der Waals surface area (Å²) in [6, 6.07) is 3.78. The molecule has 0 unspecified atom stereocenters. The van der Waals surface area contributed by atoms with Gasteiger partial charge in [0.15, 0.2) is 0 Å². The fourth-order valence-corrected chi connectivity index (χ4v) is 3.14. The number of primary amides is 1. The van der Waals surface area contributed by atoms with E-state index < -0.39 is 5.91 Å². The molecular formula is C20H30N2O3S. The summed E-state index contributed by atoms with van der Waals surface area (Å²) < 4.78 is 0. The van der Waals surface area contributed by atoms with Crippen molar-refractivity contribution >= 4 is 23.7 Å². The Morgan fingerprint density at radius 1 is 1.19 bits per heavy atom. The first-order valence-corrected chi connectivity index (χ1v) is 9.14. The van der Waals surface area contributed by atoms with Gasteiger partial charge in [0, 0.05) is 11.1 Å². The van der Waals surface area contributed by atoms with Gasteiger partial charge in [-0.25, -0.2) is 0 Å². The number of benzene rings is 1. The smallest absolute Gasteiger partial charge is 0.255 e. The molecule has 1 rings (SSSR count). The molecule has 0 fully saturated rings. The first-order valence-electron chi connectivity index (χ1n) is 8.32. The number of thioether (sulfide) groups is 1. The highest BCUT2D eigenvalue weighted by Gasteiger charge is 2.26. The summed E-state index contributed by atoms with van der Waals surface area (Å²) >= 11 is 1.10. The molecule has 0 aliphatic heterocycles. The molecule has 1 aromatic rings. The summed E-state index contributed by atoms with van der Waals surface area (Å²) in [6.07, 6.45) is 1.71. The SMILES string of the molecule is C=C(NOC)S/C(=C\c1cc(C(C)(C)C)c(O)c(C(C)(C)C)c1)C(N)=O. The molecule has 1 aromatic carbocycles. The average Bonchev–Trinajstić information content (AvgIpc) is 2.45. The van der Waals surface area contributed by atoms with Crippen LogP contribution >= 0.6 is 11.8 Å². The second-order valence-electron chi connectivity index (χ2n) is 8.17. The minimum atomic E-state index is -0.559. The van der Waals surface area contributed by atoms with E-state index in [1.807, 2.05) is 53.7 Å². The van der Waals surface area contributed by atoms with E-state index >= 15 is 0 Å². The normalized spacial score (nSPS) is 12.8. The predicted molar refractivity (Wildman–Crippen MR) is 110 cm³/mol. The van der Waals surface area contributed by atoms with Crippen LogP contribution in [0.1, 0.15) is 58.2 Å². The van der Waals surface area contributed by atoms with Gasteiger partial charge in [-0.2, -0.15) is 0 Å². The van der Waals surface area contributed by atoms with Crippen LogP contribution in [0.2, 0.25) is 0 Å². The van der Waals surface area contributed by atoms with Gasteiger partial charge < -0.3 is 10.8 Å². The van der Waals surface area contributed by atoms with Gasteiger partial charge in [0.25, 0.3) is 5.91 Å². The number of rotatable bonds is 6. The Labute approximate surface area is 160 Å². The van der Waals surface area contributed by atoms with E-state index in [1.165, 1.54) is 7.11 Å². The third kappa shape index (κ3) is 5.81. The number of amides is 1. The Balaban J connectivity index is 3.55. The van der Waals surface area contributed by atoms with Crippen LogP contribution in [0.4, 0.5) is 0 Å². The maximum absolute atomic E-state index is 11.8. The minimum Gasteiger partial charge on any atom is -0.507 e. The molecular weight excluding hydrogens is 348 g/mol. The number of hydrogen-bond donors (Lipinski definition) is 3. The molecule has 0 aromatic heterocycles. The standard InChI is InChI=1S/C20H30N2O3S/c1-12(22-25-8)26-16(18(21)24)11-13-9-14(19(2,3)4)17(23)15(10-13)20(5,6)7/h9-11,22-23H,1H2,2-8H3,(H2,21,24)/b16-11-. The zero-order valence-electron chi connectivity index (χ0n) is 16.7. The van der Waals surface area contributed by atoms with Crippen molar-refractivity contribution in [2.24, 2.45) is 5.73 Å². The molecule has 0 bridgehead atoms. The first kappa shape index (κ1) is 22.1. The fourth-order valence-electron chi connectivity index (χ4n) is 2.45. The number of carbonyl (C=O) groups is 1. The number of phenols is 1. The molecule has 0 saturated heterocycles. The van der Waals surface area contributed by atoms with E-state index in [-0.39, 0.29) is 10.8 Å². The molecule has 0 spiro atoms. The highest BCUT2D eigenvalue weighted by molar-refractivity contribution is 8.07. The van der Waals surface area contributed by atoms with E-state index in [1.54, 1.807) is 6.08 Å². The zero-order chi connectivity index (χ0) is 20.3. The van der Waals surface area contributed by atoms with Crippen LogP contribution < -0.4 is 11.2 Å². The largest absolute Gasteiger partial charge is 0.507 e. The first-order chi connectivity index (χ1) is 11.8. The maximum Gasteiger partial charge on any atom is 0.255 e. The van der Waals surface area contributed by atoms with E-state index in [0.29, 0.717) is 15.7 Å². The molecule has 4 N–H and O–H groups in total. The topological polar surface area (TPSA) is 84.6 Å². The lowest BCUT2D eigenvalue weighted by Crippen LogP contribution is -2.18. The quantitative estimate of drug-likeness (QED) is 0.511. The highest BCUT2D eigenvalue weighted by atomic mass is 32.2. The second kappa shape index (κ2) is 8.18. The van der Waals surface area contributed by atoms with Gasteiger partial charge >= 0.3 is 0 Å². The van der Waals surface area contributed by atoms with Crippen molar-refractivity contribution in [1.29, 1.82) is 0 Å². The third-order valence-electron chi connectivity index (χ3n) is 3.74. The predicted octanol–water partition coefficient (Wildman–Crippen LogP) is 4.17. The Hall–Kier alpha value is -1.92. The Kier molecular flexibility index (Phi) is 6.96. The van der Waals surface area contributed by atoms with Crippen molar-refractivity contribution in [3.8, 4) is 5.75 Å². The van der Waals surface area contributed by atoms with Gasteiger partial charge in [0.05, 0.1) is 17.0 Å². The van der Waals surface area contributed by atoms with Gasteiger partial charge in [0.2, 0.25) is 0 Å². The summed E-state index contributed by atoms with van der Waals surface area (Å²) in [4.78, 5) is 17.0. The molecule has 0 saturated carbocycles. The summed E-state index contributed by atoms with van der Waals surface area (Å²) in [5, 5.41) is 11.2. The van der Waals surface area contributed by atoms with Gasteiger partial charge in [-0.1, -0.05) is 59.9 Å².